The van der Waals surface area contributed by atoms with E-state index in [1.807, 2.05) is 4.90 Å². The van der Waals surface area contributed by atoms with Crippen LogP contribution in [0.25, 0.3) is 11.1 Å². The second-order valence-electron chi connectivity index (χ2n) is 10.6. The molecule has 2 aliphatic heterocycles. The fourth-order valence-electron chi connectivity index (χ4n) is 5.65. The average molecular weight is 588 g/mol. The topological polar surface area (TPSA) is 132 Å². The number of anilines is 2. The van der Waals surface area contributed by atoms with Gasteiger partial charge in [-0.3, -0.25) is 4.79 Å². The Kier molecular flexibility index (Phi) is 8.04. The Morgan fingerprint density at radius 2 is 1.81 bits per heavy atom. The Hall–Kier alpha value is -4.26. The van der Waals surface area contributed by atoms with E-state index in [1.165, 1.54) is 32.4 Å². The minimum absolute atomic E-state index is 0.112. The Labute approximate surface area is 240 Å². The van der Waals surface area contributed by atoms with Crippen molar-refractivity contribution >= 4 is 17.7 Å². The van der Waals surface area contributed by atoms with Gasteiger partial charge in [-0.1, -0.05) is 24.3 Å². The van der Waals surface area contributed by atoms with E-state index in [4.69, 9.17) is 19.9 Å². The molecule has 3 heterocycles. The second kappa shape index (κ2) is 11.6. The number of hydrogen-bond donors (Lipinski definition) is 3. The maximum atomic E-state index is 14.2. The number of rotatable bonds is 8. The molecule has 1 spiro atoms. The van der Waals surface area contributed by atoms with Gasteiger partial charge in [-0.2, -0.15) is 23.1 Å². The second-order valence-corrected chi connectivity index (χ2v) is 10.6. The number of nitrogens with one attached hydrogen (secondary N) is 1. The number of nitrogen functional groups attached to an aromatic ring is 1. The van der Waals surface area contributed by atoms with Crippen molar-refractivity contribution in [3.63, 3.8) is 0 Å². The number of aromatic nitrogens is 2. The van der Waals surface area contributed by atoms with E-state index < -0.39 is 24.3 Å². The number of ether oxygens (including phenoxy) is 3. The third-order valence-corrected chi connectivity index (χ3v) is 7.98. The summed E-state index contributed by atoms with van der Waals surface area (Å²) in [5.74, 6) is 0.0930. The van der Waals surface area contributed by atoms with E-state index in [-0.39, 0.29) is 22.8 Å². The van der Waals surface area contributed by atoms with Crippen molar-refractivity contribution in [1.82, 2.24) is 15.3 Å². The third kappa shape index (κ3) is 6.15. The fraction of sp³-hybridized carbons (Fsp3) is 0.414. The molecule has 0 saturated carbocycles. The van der Waals surface area contributed by atoms with Crippen LogP contribution in [0, 0.1) is 5.41 Å². The van der Waals surface area contributed by atoms with Gasteiger partial charge in [0.2, 0.25) is 17.9 Å². The first-order valence-electron chi connectivity index (χ1n) is 13.4. The standard InChI is InChI=1S/C29H32F3N5O5/c1-40-19-7-8-20(22(13-19)41-2)17-3-5-18(6-4-17)25(29(30,31)32)42-24-14-23(35-27(33)36-24)37-11-9-28(10-12-37)15-21(26(38)39)34-16-28/h3-8,13-14,21,25,34H,9-12,15-16H2,1-2H3,(H,38,39)(H2,33,35,36)/t21?,25-/m1/s1. The highest BCUT2D eigenvalue weighted by atomic mass is 19.4. The van der Waals surface area contributed by atoms with Gasteiger partial charge >= 0.3 is 12.1 Å². The number of methoxy groups -OCH3 is 2. The third-order valence-electron chi connectivity index (χ3n) is 7.98. The van der Waals surface area contributed by atoms with Crippen LogP contribution in [0.5, 0.6) is 17.4 Å². The van der Waals surface area contributed by atoms with Gasteiger partial charge < -0.3 is 35.3 Å². The van der Waals surface area contributed by atoms with Gasteiger partial charge in [-0.25, -0.2) is 0 Å². The zero-order valence-electron chi connectivity index (χ0n) is 23.1. The van der Waals surface area contributed by atoms with Crippen LogP contribution in [0.15, 0.2) is 48.5 Å². The van der Waals surface area contributed by atoms with E-state index in [1.54, 1.807) is 30.3 Å². The van der Waals surface area contributed by atoms with Gasteiger partial charge in [0, 0.05) is 42.9 Å². The highest BCUT2D eigenvalue weighted by Crippen LogP contribution is 2.42. The first kappa shape index (κ1) is 29.2. The van der Waals surface area contributed by atoms with Crippen molar-refractivity contribution in [1.29, 1.82) is 0 Å². The number of hydrogen-bond acceptors (Lipinski definition) is 9. The molecule has 224 valence electrons. The lowest BCUT2D eigenvalue weighted by Gasteiger charge is -2.39. The summed E-state index contributed by atoms with van der Waals surface area (Å²) in [6.45, 7) is 1.70. The molecule has 0 radical (unpaired) electrons. The van der Waals surface area contributed by atoms with E-state index in [0.717, 1.165) is 0 Å². The Morgan fingerprint density at radius 1 is 1.10 bits per heavy atom. The number of halogens is 3. The van der Waals surface area contributed by atoms with Gasteiger partial charge in [0.1, 0.15) is 23.4 Å². The van der Waals surface area contributed by atoms with Crippen LogP contribution < -0.4 is 30.2 Å². The van der Waals surface area contributed by atoms with E-state index in [9.17, 15) is 23.1 Å². The fourth-order valence-corrected chi connectivity index (χ4v) is 5.65. The van der Waals surface area contributed by atoms with Crippen molar-refractivity contribution < 1.29 is 37.3 Å². The molecule has 3 aromatic rings. The van der Waals surface area contributed by atoms with Gasteiger partial charge in [-0.05, 0) is 42.4 Å². The zero-order chi connectivity index (χ0) is 30.1. The van der Waals surface area contributed by atoms with Crippen LogP contribution in [0.2, 0.25) is 0 Å². The number of nitrogens with two attached hydrogens (primary N) is 1. The molecule has 2 saturated heterocycles. The quantitative estimate of drug-likeness (QED) is 0.347. The smallest absolute Gasteiger partial charge is 0.429 e. The molecule has 2 atom stereocenters. The lowest BCUT2D eigenvalue weighted by atomic mass is 9.76. The number of piperidine rings is 1. The molecule has 10 nitrogen and oxygen atoms in total. The van der Waals surface area contributed by atoms with Crippen LogP contribution in [-0.2, 0) is 4.79 Å². The van der Waals surface area contributed by atoms with Crippen molar-refractivity contribution in [2.75, 3.05) is 44.5 Å². The number of carboxylic acids is 1. The minimum atomic E-state index is -4.74. The van der Waals surface area contributed by atoms with Gasteiger partial charge in [0.25, 0.3) is 0 Å². The number of nitrogens with zero attached hydrogens (tertiary/aromatic N) is 3. The average Bonchev–Trinajstić information content (AvgIpc) is 3.39. The predicted molar refractivity (Wildman–Crippen MR) is 149 cm³/mol. The van der Waals surface area contributed by atoms with E-state index >= 15 is 0 Å². The van der Waals surface area contributed by atoms with Crippen molar-refractivity contribution in [3.8, 4) is 28.5 Å². The summed E-state index contributed by atoms with van der Waals surface area (Å²) in [7, 11) is 3.03. The molecular formula is C29H32F3N5O5. The van der Waals surface area contributed by atoms with E-state index in [2.05, 4.69) is 15.3 Å². The van der Waals surface area contributed by atoms with Crippen LogP contribution in [0.3, 0.4) is 0 Å². The summed E-state index contributed by atoms with van der Waals surface area (Å²) in [4.78, 5) is 21.4. The van der Waals surface area contributed by atoms with Gasteiger partial charge in [0.05, 0.1) is 14.2 Å². The Balaban J connectivity index is 1.33. The summed E-state index contributed by atoms with van der Waals surface area (Å²) in [5, 5.41) is 12.4. The molecule has 42 heavy (non-hydrogen) atoms. The number of carboxylic acid groups (broad SMARTS) is 1. The maximum Gasteiger partial charge on any atom is 0.429 e. The highest BCUT2D eigenvalue weighted by molar-refractivity contribution is 5.74. The Bertz CT molecular complexity index is 1430. The number of benzene rings is 2. The van der Waals surface area contributed by atoms with Crippen molar-refractivity contribution in [3.05, 3.63) is 54.1 Å². The first-order chi connectivity index (χ1) is 20.0. The Morgan fingerprint density at radius 3 is 2.40 bits per heavy atom. The molecule has 0 aliphatic carbocycles. The monoisotopic (exact) mass is 587 g/mol. The summed E-state index contributed by atoms with van der Waals surface area (Å²) in [6.07, 6.45) is -5.09. The molecule has 4 N–H and O–H groups in total. The van der Waals surface area contributed by atoms with Gasteiger partial charge in [-0.15, -0.1) is 0 Å². The van der Waals surface area contributed by atoms with Crippen molar-refractivity contribution in [2.24, 2.45) is 5.41 Å². The van der Waals surface area contributed by atoms with Crippen LogP contribution in [-0.4, -0.2) is 67.1 Å². The summed E-state index contributed by atoms with van der Waals surface area (Å²) in [5.41, 5.74) is 6.98. The van der Waals surface area contributed by atoms with Crippen LogP contribution >= 0.6 is 0 Å². The normalized spacial score (nSPS) is 19.0. The van der Waals surface area contributed by atoms with Crippen molar-refractivity contribution in [2.45, 2.75) is 37.6 Å². The molecule has 1 aromatic heterocycles. The summed E-state index contributed by atoms with van der Waals surface area (Å²) < 4.78 is 58.8. The molecule has 5 rings (SSSR count). The molecule has 2 aliphatic rings. The van der Waals surface area contributed by atoms with E-state index in [0.29, 0.717) is 67.3 Å². The minimum Gasteiger partial charge on any atom is -0.497 e. The molecule has 0 bridgehead atoms. The molecule has 2 aromatic carbocycles. The summed E-state index contributed by atoms with van der Waals surface area (Å²) >= 11 is 0. The number of carbonyl (C=O) groups is 1. The largest absolute Gasteiger partial charge is 0.497 e. The maximum absolute atomic E-state index is 14.2. The molecule has 13 heteroatoms. The number of aliphatic carboxylic acids is 1. The lowest BCUT2D eigenvalue weighted by Crippen LogP contribution is -2.41. The van der Waals surface area contributed by atoms with Gasteiger partial charge in [0.15, 0.2) is 0 Å². The molecular weight excluding hydrogens is 555 g/mol. The predicted octanol–water partition coefficient (Wildman–Crippen LogP) is 4.46. The van der Waals surface area contributed by atoms with Crippen LogP contribution in [0.4, 0.5) is 24.9 Å². The summed E-state index contributed by atoms with van der Waals surface area (Å²) in [6, 6.07) is 11.8. The lowest BCUT2D eigenvalue weighted by molar-refractivity contribution is -0.198. The molecule has 0 amide bonds. The molecule has 1 unspecified atom stereocenters. The SMILES string of the molecule is COc1ccc(-c2ccc([C@@H](Oc3cc(N4CCC5(CC4)CNC(C(=O)O)C5)nc(N)n3)C(F)(F)F)cc2)c(OC)c1. The van der Waals surface area contributed by atoms with Crippen LogP contribution in [0.1, 0.15) is 30.9 Å². The highest BCUT2D eigenvalue weighted by Gasteiger charge is 2.45. The number of alkyl halides is 3. The molecule has 2 fully saturated rings. The first-order valence-corrected chi connectivity index (χ1v) is 13.4. The zero-order valence-corrected chi connectivity index (χ0v) is 23.1.